The average molecular weight is 368 g/mol. The van der Waals surface area contributed by atoms with Gasteiger partial charge in [0, 0.05) is 42.1 Å². The second-order valence-electron chi connectivity index (χ2n) is 7.92. The molecule has 1 aromatic heterocycles. The number of aromatic amines is 1. The zero-order valence-electron chi connectivity index (χ0n) is 15.8. The quantitative estimate of drug-likeness (QED) is 0.728. The fourth-order valence-electron chi connectivity index (χ4n) is 4.18. The molecule has 0 spiro atoms. The van der Waals surface area contributed by atoms with Crippen molar-refractivity contribution >= 4 is 22.7 Å². The summed E-state index contributed by atoms with van der Waals surface area (Å²) in [7, 11) is 1.96. The van der Waals surface area contributed by atoms with E-state index in [9.17, 15) is 9.59 Å². The van der Waals surface area contributed by atoms with Crippen molar-refractivity contribution in [1.29, 1.82) is 0 Å². The van der Waals surface area contributed by atoms with E-state index in [1.165, 1.54) is 10.9 Å². The lowest BCUT2D eigenvalue weighted by Crippen LogP contribution is -2.42. The number of nitrogens with zero attached hydrogens (tertiary/aromatic N) is 1. The molecular weight excluding hydrogens is 340 g/mol. The first-order chi connectivity index (χ1) is 13.1. The molecule has 0 unspecified atom stereocenters. The average Bonchev–Trinajstić information content (AvgIpc) is 3.17. The van der Waals surface area contributed by atoms with E-state index in [-0.39, 0.29) is 29.8 Å². The van der Waals surface area contributed by atoms with Crippen LogP contribution in [-0.2, 0) is 16.0 Å². The number of carbonyl (C=O) groups is 2. The normalized spacial score (nSPS) is 23.3. The Balaban J connectivity index is 1.26. The maximum atomic E-state index is 12.6. The Labute approximate surface area is 159 Å². The van der Waals surface area contributed by atoms with E-state index < -0.39 is 0 Å². The molecule has 2 atom stereocenters. The van der Waals surface area contributed by atoms with Gasteiger partial charge in [-0.1, -0.05) is 24.6 Å². The van der Waals surface area contributed by atoms with Crippen molar-refractivity contribution in [3.63, 3.8) is 0 Å². The highest BCUT2D eigenvalue weighted by atomic mass is 16.2. The fourth-order valence-corrected chi connectivity index (χ4v) is 4.18. The Bertz CT molecular complexity index is 826. The zero-order chi connectivity index (χ0) is 18.8. The number of amides is 2. The van der Waals surface area contributed by atoms with Crippen LogP contribution in [-0.4, -0.2) is 53.9 Å². The molecule has 2 aliphatic rings. The van der Waals surface area contributed by atoms with Crippen molar-refractivity contribution < 1.29 is 9.59 Å². The van der Waals surface area contributed by atoms with Crippen molar-refractivity contribution in [2.75, 3.05) is 20.1 Å². The monoisotopic (exact) mass is 368 g/mol. The molecule has 0 bridgehead atoms. The Morgan fingerprint density at radius 1 is 1.22 bits per heavy atom. The van der Waals surface area contributed by atoms with Crippen LogP contribution >= 0.6 is 0 Å². The summed E-state index contributed by atoms with van der Waals surface area (Å²) in [5.41, 5.74) is 2.34. The first-order valence-electron chi connectivity index (χ1n) is 9.95. The van der Waals surface area contributed by atoms with Crippen molar-refractivity contribution in [3.8, 4) is 0 Å². The van der Waals surface area contributed by atoms with Gasteiger partial charge in [0.15, 0.2) is 0 Å². The Hall–Kier alpha value is -2.34. The Morgan fingerprint density at radius 2 is 2.04 bits per heavy atom. The van der Waals surface area contributed by atoms with Crippen molar-refractivity contribution in [2.45, 2.75) is 44.2 Å². The summed E-state index contributed by atoms with van der Waals surface area (Å²) in [6.45, 7) is 1.35. The van der Waals surface area contributed by atoms with Gasteiger partial charge >= 0.3 is 0 Å². The molecule has 2 amide bonds. The minimum absolute atomic E-state index is 0.0535. The van der Waals surface area contributed by atoms with Gasteiger partial charge in [-0.15, -0.1) is 0 Å². The van der Waals surface area contributed by atoms with Gasteiger partial charge in [-0.25, -0.2) is 0 Å². The van der Waals surface area contributed by atoms with E-state index in [1.54, 1.807) is 0 Å². The number of nitrogens with one attached hydrogen (secondary N) is 3. The maximum Gasteiger partial charge on any atom is 0.237 e. The lowest BCUT2D eigenvalue weighted by atomic mass is 9.84. The molecule has 1 aliphatic carbocycles. The third kappa shape index (κ3) is 3.86. The minimum Gasteiger partial charge on any atom is -0.361 e. The summed E-state index contributed by atoms with van der Waals surface area (Å²) in [5.74, 6) is 0.414. The number of H-pyrrole nitrogens is 1. The molecule has 2 fully saturated rings. The van der Waals surface area contributed by atoms with E-state index in [2.05, 4.69) is 27.8 Å². The summed E-state index contributed by atoms with van der Waals surface area (Å²) in [6.07, 6.45) is 6.68. The van der Waals surface area contributed by atoms with Gasteiger partial charge in [0.2, 0.25) is 11.8 Å². The number of carbonyl (C=O) groups excluding carboxylic acids is 2. The highest BCUT2D eigenvalue weighted by Gasteiger charge is 2.36. The Kier molecular flexibility index (Phi) is 5.16. The molecule has 6 heteroatoms. The second-order valence-corrected chi connectivity index (χ2v) is 7.92. The number of para-hydroxylation sites is 1. The van der Waals surface area contributed by atoms with Gasteiger partial charge in [-0.2, -0.15) is 0 Å². The SMILES string of the molecule is CN1C[C@@H](NC(=O)C2CCC2)C[C@H]1C(=O)NCCc1c[nH]c2ccccc12. The van der Waals surface area contributed by atoms with Crippen LogP contribution in [0.4, 0.5) is 0 Å². The van der Waals surface area contributed by atoms with E-state index in [0.29, 0.717) is 13.0 Å². The molecule has 27 heavy (non-hydrogen) atoms. The van der Waals surface area contributed by atoms with Crippen LogP contribution in [0.5, 0.6) is 0 Å². The number of likely N-dealkylation sites (N-methyl/N-ethyl adjacent to an activating group) is 1. The van der Waals surface area contributed by atoms with E-state index in [1.807, 2.05) is 30.3 Å². The van der Waals surface area contributed by atoms with Gasteiger partial charge in [0.05, 0.1) is 6.04 Å². The van der Waals surface area contributed by atoms with Crippen molar-refractivity contribution in [3.05, 3.63) is 36.0 Å². The van der Waals surface area contributed by atoms with Crippen LogP contribution in [0, 0.1) is 5.92 Å². The topological polar surface area (TPSA) is 77.2 Å². The van der Waals surface area contributed by atoms with Crippen LogP contribution in [0.3, 0.4) is 0 Å². The van der Waals surface area contributed by atoms with Gasteiger partial charge in [-0.3, -0.25) is 14.5 Å². The predicted molar refractivity (Wildman–Crippen MR) is 105 cm³/mol. The molecule has 1 aromatic carbocycles. The third-order valence-electron chi connectivity index (χ3n) is 6.04. The molecule has 1 aliphatic heterocycles. The molecule has 4 rings (SSSR count). The molecule has 144 valence electrons. The van der Waals surface area contributed by atoms with Crippen LogP contribution in [0.2, 0.25) is 0 Å². The van der Waals surface area contributed by atoms with Crippen LogP contribution in [0.25, 0.3) is 10.9 Å². The smallest absolute Gasteiger partial charge is 0.237 e. The molecular formula is C21H28N4O2. The second kappa shape index (κ2) is 7.72. The number of benzene rings is 1. The lowest BCUT2D eigenvalue weighted by Gasteiger charge is -2.25. The van der Waals surface area contributed by atoms with Crippen LogP contribution < -0.4 is 10.6 Å². The number of hydrogen-bond acceptors (Lipinski definition) is 3. The summed E-state index contributed by atoms with van der Waals surface area (Å²) >= 11 is 0. The minimum atomic E-state index is -0.167. The summed E-state index contributed by atoms with van der Waals surface area (Å²) < 4.78 is 0. The summed E-state index contributed by atoms with van der Waals surface area (Å²) in [4.78, 5) is 30.1. The molecule has 1 saturated carbocycles. The van der Waals surface area contributed by atoms with Crippen molar-refractivity contribution in [1.82, 2.24) is 20.5 Å². The first kappa shape index (κ1) is 18.0. The number of likely N-dealkylation sites (tertiary alicyclic amines) is 1. The summed E-state index contributed by atoms with van der Waals surface area (Å²) in [6, 6.07) is 8.11. The number of hydrogen-bond donors (Lipinski definition) is 3. The molecule has 2 heterocycles. The molecule has 0 radical (unpaired) electrons. The van der Waals surface area contributed by atoms with E-state index >= 15 is 0 Å². The van der Waals surface area contributed by atoms with E-state index in [4.69, 9.17) is 0 Å². The van der Waals surface area contributed by atoms with Crippen LogP contribution in [0.1, 0.15) is 31.2 Å². The maximum absolute atomic E-state index is 12.6. The number of aromatic nitrogens is 1. The van der Waals surface area contributed by atoms with Gasteiger partial charge < -0.3 is 15.6 Å². The highest BCUT2D eigenvalue weighted by Crippen LogP contribution is 2.27. The Morgan fingerprint density at radius 3 is 2.81 bits per heavy atom. The first-order valence-corrected chi connectivity index (χ1v) is 9.95. The van der Waals surface area contributed by atoms with Gasteiger partial charge in [-0.05, 0) is 44.4 Å². The van der Waals surface area contributed by atoms with Gasteiger partial charge in [0.1, 0.15) is 0 Å². The zero-order valence-corrected chi connectivity index (χ0v) is 15.8. The highest BCUT2D eigenvalue weighted by molar-refractivity contribution is 5.84. The standard InChI is InChI=1S/C21H28N4O2/c1-25-13-16(24-20(26)14-5-4-6-14)11-19(25)21(27)22-10-9-15-12-23-18-8-3-2-7-17(15)18/h2-3,7-8,12,14,16,19,23H,4-6,9-11,13H2,1H3,(H,22,27)(H,24,26)/t16-,19-/m0/s1. The lowest BCUT2D eigenvalue weighted by molar-refractivity contribution is -0.128. The van der Waals surface area contributed by atoms with Crippen LogP contribution in [0.15, 0.2) is 30.5 Å². The number of fused-ring (bicyclic) bond motifs is 1. The third-order valence-corrected chi connectivity index (χ3v) is 6.04. The van der Waals surface area contributed by atoms with Crippen molar-refractivity contribution in [2.24, 2.45) is 5.92 Å². The molecule has 1 saturated heterocycles. The largest absolute Gasteiger partial charge is 0.361 e. The number of rotatable bonds is 6. The predicted octanol–water partition coefficient (Wildman–Crippen LogP) is 1.82. The molecule has 2 aromatic rings. The molecule has 3 N–H and O–H groups in total. The fraction of sp³-hybridized carbons (Fsp3) is 0.524. The van der Waals surface area contributed by atoms with E-state index in [0.717, 1.165) is 37.7 Å². The van der Waals surface area contributed by atoms with Gasteiger partial charge in [0.25, 0.3) is 0 Å². The molecule has 6 nitrogen and oxygen atoms in total. The summed E-state index contributed by atoms with van der Waals surface area (Å²) in [5, 5.41) is 7.41.